The molecule has 0 unspecified atom stereocenters. The maximum atomic E-state index is 12.9. The topological polar surface area (TPSA) is 170 Å². The summed E-state index contributed by atoms with van der Waals surface area (Å²) in [6, 6.07) is 9.48. The Hall–Kier alpha value is -3.31. The minimum Gasteiger partial charge on any atom is -0.444 e. The summed E-state index contributed by atoms with van der Waals surface area (Å²) in [7, 11) is -8.05. The van der Waals surface area contributed by atoms with Gasteiger partial charge in [-0.2, -0.15) is 5.26 Å². The van der Waals surface area contributed by atoms with Crippen LogP contribution in [0.25, 0.3) is 10.9 Å². The molecule has 0 fully saturated rings. The molecule has 0 aliphatic rings. The third-order valence-corrected chi connectivity index (χ3v) is 7.84. The number of ether oxygens (including phenoxy) is 1. The van der Waals surface area contributed by atoms with E-state index < -0.39 is 31.7 Å². The van der Waals surface area contributed by atoms with Crippen molar-refractivity contribution in [3.05, 3.63) is 53.2 Å². The van der Waals surface area contributed by atoms with Gasteiger partial charge in [0.2, 0.25) is 10.0 Å². The molecule has 36 heavy (non-hydrogen) atoms. The molecule has 0 bridgehead atoms. The molecule has 1 heterocycles. The number of amides is 1. The summed E-state index contributed by atoms with van der Waals surface area (Å²) in [6.07, 6.45) is 0.769. The molecule has 3 aromatic rings. The molecule has 0 saturated carbocycles. The second kappa shape index (κ2) is 10.4. The summed E-state index contributed by atoms with van der Waals surface area (Å²) in [5.74, 6) is 0. The Morgan fingerprint density at radius 1 is 1.03 bits per heavy atom. The molecular weight excluding hydrogens is 530 g/mol. The number of rotatable bonds is 8. The number of halogens is 1. The lowest BCUT2D eigenvalue weighted by molar-refractivity contribution is 0.0529. The van der Waals surface area contributed by atoms with Crippen LogP contribution in [0.3, 0.4) is 0 Å². The zero-order chi connectivity index (χ0) is 26.7. The Bertz CT molecular complexity index is 1540. The quantitative estimate of drug-likeness (QED) is 0.310. The predicted molar refractivity (Wildman–Crippen MR) is 135 cm³/mol. The largest absolute Gasteiger partial charge is 0.444 e. The number of anilines is 1. The molecule has 2 aromatic carbocycles. The van der Waals surface area contributed by atoms with Crippen LogP contribution in [0.2, 0.25) is 5.02 Å². The molecular formula is C22H24ClN5O6S2. The van der Waals surface area contributed by atoms with E-state index in [1.54, 1.807) is 20.8 Å². The zero-order valence-electron chi connectivity index (χ0n) is 19.5. The van der Waals surface area contributed by atoms with Crippen LogP contribution in [0.5, 0.6) is 0 Å². The number of aromatic nitrogens is 1. The number of benzene rings is 2. The van der Waals surface area contributed by atoms with E-state index in [0.717, 1.165) is 24.3 Å². The fourth-order valence-corrected chi connectivity index (χ4v) is 5.49. The van der Waals surface area contributed by atoms with Crippen LogP contribution in [0.1, 0.15) is 26.3 Å². The highest BCUT2D eigenvalue weighted by Crippen LogP contribution is 2.32. The van der Waals surface area contributed by atoms with Crippen LogP contribution in [0.4, 0.5) is 10.5 Å². The van der Waals surface area contributed by atoms with E-state index in [1.165, 1.54) is 18.3 Å². The smallest absolute Gasteiger partial charge is 0.407 e. The van der Waals surface area contributed by atoms with Gasteiger partial charge in [-0.25, -0.2) is 26.4 Å². The standard InChI is InChI=1S/C22H24ClN5O6S2/c1-22(2,3)34-21(29)25-10-11-27-35(30,31)15-5-7-16(8-6-15)36(32,33)28-18-9-4-14(12-24)19-17(23)13-26-20(18)19/h4-9,13,26-28H,10-11H2,1-3H3,(H,25,29). The lowest BCUT2D eigenvalue weighted by Gasteiger charge is -2.19. The highest BCUT2D eigenvalue weighted by molar-refractivity contribution is 7.92. The maximum Gasteiger partial charge on any atom is 0.407 e. The number of sulfonamides is 2. The summed E-state index contributed by atoms with van der Waals surface area (Å²) in [4.78, 5) is 14.1. The number of hydrogen-bond donors (Lipinski definition) is 4. The van der Waals surface area contributed by atoms with Gasteiger partial charge in [-0.15, -0.1) is 0 Å². The van der Waals surface area contributed by atoms with Crippen molar-refractivity contribution >= 4 is 54.3 Å². The van der Waals surface area contributed by atoms with Crippen LogP contribution in [-0.2, 0) is 24.8 Å². The molecule has 0 saturated heterocycles. The van der Waals surface area contributed by atoms with E-state index >= 15 is 0 Å². The molecule has 0 aliphatic heterocycles. The minimum absolute atomic E-state index is 0.00759. The third-order valence-electron chi connectivity index (χ3n) is 4.68. The molecule has 1 amide bonds. The average Bonchev–Trinajstić information content (AvgIpc) is 3.18. The second-order valence-corrected chi connectivity index (χ2v) is 12.4. The average molecular weight is 554 g/mol. The van der Waals surface area contributed by atoms with Gasteiger partial charge in [0.05, 0.1) is 37.7 Å². The van der Waals surface area contributed by atoms with Crippen molar-refractivity contribution in [1.29, 1.82) is 5.26 Å². The van der Waals surface area contributed by atoms with E-state index in [0.29, 0.717) is 10.9 Å². The first-order valence-corrected chi connectivity index (χ1v) is 13.9. The molecule has 14 heteroatoms. The first-order valence-electron chi connectivity index (χ1n) is 10.5. The first-order chi connectivity index (χ1) is 16.7. The number of hydrogen-bond acceptors (Lipinski definition) is 7. The van der Waals surface area contributed by atoms with Crippen molar-refractivity contribution in [2.24, 2.45) is 0 Å². The number of carbonyl (C=O) groups is 1. The first kappa shape index (κ1) is 27.3. The molecule has 0 aliphatic carbocycles. The van der Waals surface area contributed by atoms with Crippen LogP contribution in [0.15, 0.2) is 52.4 Å². The number of nitrogens with zero attached hydrogens (tertiary/aromatic N) is 1. The summed E-state index contributed by atoms with van der Waals surface area (Å²) < 4.78 is 60.6. The number of H-pyrrole nitrogens is 1. The Kier molecular flexibility index (Phi) is 7.85. The van der Waals surface area contributed by atoms with Crippen LogP contribution in [-0.4, -0.2) is 46.6 Å². The molecule has 1 aromatic heterocycles. The number of fused-ring (bicyclic) bond motifs is 1. The maximum absolute atomic E-state index is 12.9. The number of aromatic amines is 1. The third kappa shape index (κ3) is 6.46. The second-order valence-electron chi connectivity index (χ2n) is 8.56. The zero-order valence-corrected chi connectivity index (χ0v) is 21.9. The van der Waals surface area contributed by atoms with Crippen LogP contribution >= 0.6 is 11.6 Å². The summed E-state index contributed by atoms with van der Waals surface area (Å²) in [5.41, 5.74) is 0.113. The van der Waals surface area contributed by atoms with Crippen molar-refractivity contribution in [3.63, 3.8) is 0 Å². The Morgan fingerprint density at radius 2 is 1.64 bits per heavy atom. The van der Waals surface area contributed by atoms with Crippen molar-refractivity contribution < 1.29 is 26.4 Å². The van der Waals surface area contributed by atoms with Gasteiger partial charge in [0.15, 0.2) is 0 Å². The molecule has 4 N–H and O–H groups in total. The SMILES string of the molecule is CC(C)(C)OC(=O)NCCNS(=O)(=O)c1ccc(S(=O)(=O)Nc2ccc(C#N)c3c(Cl)c[nH]c23)cc1. The lowest BCUT2D eigenvalue weighted by Crippen LogP contribution is -2.37. The summed E-state index contributed by atoms with van der Waals surface area (Å²) in [6.45, 7) is 5.00. The molecule has 11 nitrogen and oxygen atoms in total. The van der Waals surface area contributed by atoms with Crippen molar-refractivity contribution in [2.75, 3.05) is 17.8 Å². The van der Waals surface area contributed by atoms with Crippen molar-refractivity contribution in [3.8, 4) is 6.07 Å². The van der Waals surface area contributed by atoms with Gasteiger partial charge in [0, 0.05) is 24.7 Å². The minimum atomic E-state index is -4.10. The molecule has 0 radical (unpaired) electrons. The van der Waals surface area contributed by atoms with E-state index in [-0.39, 0.29) is 39.2 Å². The van der Waals surface area contributed by atoms with Crippen LogP contribution < -0.4 is 14.8 Å². The van der Waals surface area contributed by atoms with Gasteiger partial charge in [-0.1, -0.05) is 11.6 Å². The number of alkyl carbamates (subject to hydrolysis) is 1. The van der Waals surface area contributed by atoms with Crippen molar-refractivity contribution in [1.82, 2.24) is 15.0 Å². The van der Waals surface area contributed by atoms with Gasteiger partial charge in [-0.05, 0) is 57.2 Å². The van der Waals surface area contributed by atoms with Gasteiger partial charge in [0.25, 0.3) is 10.0 Å². The monoisotopic (exact) mass is 553 g/mol. The highest BCUT2D eigenvalue weighted by atomic mass is 35.5. The fourth-order valence-electron chi connectivity index (χ4n) is 3.14. The normalized spacial score (nSPS) is 12.2. The summed E-state index contributed by atoms with van der Waals surface area (Å²) >= 11 is 6.11. The Morgan fingerprint density at radius 3 is 2.22 bits per heavy atom. The lowest BCUT2D eigenvalue weighted by atomic mass is 10.1. The molecule has 0 spiro atoms. The summed E-state index contributed by atoms with van der Waals surface area (Å²) in [5, 5.41) is 12.3. The van der Waals surface area contributed by atoms with Crippen LogP contribution in [0, 0.1) is 11.3 Å². The van der Waals surface area contributed by atoms with E-state index in [1.807, 2.05) is 6.07 Å². The highest BCUT2D eigenvalue weighted by Gasteiger charge is 2.21. The van der Waals surface area contributed by atoms with E-state index in [2.05, 4.69) is 19.7 Å². The molecule has 192 valence electrons. The van der Waals surface area contributed by atoms with Gasteiger partial charge < -0.3 is 15.0 Å². The van der Waals surface area contributed by atoms with Gasteiger partial charge >= 0.3 is 6.09 Å². The number of carbonyl (C=O) groups excluding carboxylic acids is 1. The Balaban J connectivity index is 1.69. The predicted octanol–water partition coefficient (Wildman–Crippen LogP) is 3.30. The Labute approximate surface area is 213 Å². The molecule has 0 atom stereocenters. The fraction of sp³-hybridized carbons (Fsp3) is 0.273. The number of nitriles is 1. The van der Waals surface area contributed by atoms with Crippen molar-refractivity contribution in [2.45, 2.75) is 36.2 Å². The van der Waals surface area contributed by atoms with E-state index in [9.17, 15) is 26.9 Å². The number of nitrogens with one attached hydrogen (secondary N) is 4. The molecule has 3 rings (SSSR count). The van der Waals surface area contributed by atoms with Gasteiger partial charge in [-0.3, -0.25) is 4.72 Å². The van der Waals surface area contributed by atoms with E-state index in [4.69, 9.17) is 16.3 Å². The van der Waals surface area contributed by atoms with Gasteiger partial charge in [0.1, 0.15) is 5.60 Å².